The molecule has 1 aromatic rings. The molecule has 0 aromatic carbocycles. The van der Waals surface area contributed by atoms with Crippen molar-refractivity contribution >= 4 is 5.82 Å². The number of ether oxygens (including phenoxy) is 1. The summed E-state index contributed by atoms with van der Waals surface area (Å²) in [4.78, 5) is 0. The van der Waals surface area contributed by atoms with Crippen molar-refractivity contribution in [3.05, 3.63) is 11.8 Å². The summed E-state index contributed by atoms with van der Waals surface area (Å²) in [5.41, 5.74) is 1.07. The normalized spacial score (nSPS) is 18.2. The van der Waals surface area contributed by atoms with Gasteiger partial charge >= 0.3 is 0 Å². The number of rotatable bonds is 5. The van der Waals surface area contributed by atoms with Gasteiger partial charge < -0.3 is 15.4 Å². The summed E-state index contributed by atoms with van der Waals surface area (Å²) in [6, 6.07) is 2.03. The van der Waals surface area contributed by atoms with Crippen molar-refractivity contribution in [3.8, 4) is 0 Å². The molecule has 0 amide bonds. The van der Waals surface area contributed by atoms with Crippen LogP contribution in [0.2, 0.25) is 0 Å². The molecule has 0 unspecified atom stereocenters. The van der Waals surface area contributed by atoms with E-state index in [2.05, 4.69) is 22.7 Å². The molecule has 0 radical (unpaired) electrons. The van der Waals surface area contributed by atoms with E-state index < -0.39 is 0 Å². The van der Waals surface area contributed by atoms with E-state index in [1.807, 2.05) is 24.7 Å². The summed E-state index contributed by atoms with van der Waals surface area (Å²) in [6.07, 6.45) is 0. The number of hydrogen-bond acceptors (Lipinski definition) is 4. The molecule has 5 heteroatoms. The first-order valence-electron chi connectivity index (χ1n) is 5.68. The van der Waals surface area contributed by atoms with E-state index in [0.29, 0.717) is 0 Å². The van der Waals surface area contributed by atoms with Gasteiger partial charge in [0.1, 0.15) is 5.82 Å². The van der Waals surface area contributed by atoms with Crippen LogP contribution in [0.4, 0.5) is 5.82 Å². The molecule has 1 aromatic heterocycles. The Morgan fingerprint density at radius 3 is 2.88 bits per heavy atom. The first kappa shape index (κ1) is 11.4. The van der Waals surface area contributed by atoms with Gasteiger partial charge in [-0.25, -0.2) is 0 Å². The number of aryl methyl sites for hydroxylation is 2. The van der Waals surface area contributed by atoms with Gasteiger partial charge in [0.2, 0.25) is 0 Å². The van der Waals surface area contributed by atoms with Crippen molar-refractivity contribution in [2.24, 2.45) is 7.05 Å². The predicted octanol–water partition coefficient (Wildman–Crippen LogP) is 0.519. The predicted molar refractivity (Wildman–Crippen MR) is 63.7 cm³/mol. The summed E-state index contributed by atoms with van der Waals surface area (Å²) in [7, 11) is 1.94. The van der Waals surface area contributed by atoms with Crippen molar-refractivity contribution in [1.29, 1.82) is 0 Å². The number of nitrogens with one attached hydrogen (secondary N) is 2. The van der Waals surface area contributed by atoms with Crippen LogP contribution in [0.1, 0.15) is 12.6 Å². The van der Waals surface area contributed by atoms with Crippen LogP contribution < -0.4 is 10.6 Å². The minimum absolute atomic E-state index is 0.0457. The van der Waals surface area contributed by atoms with E-state index in [4.69, 9.17) is 4.74 Å². The topological polar surface area (TPSA) is 51.1 Å². The van der Waals surface area contributed by atoms with Crippen molar-refractivity contribution < 1.29 is 4.74 Å². The highest BCUT2D eigenvalue weighted by atomic mass is 16.5. The molecule has 16 heavy (non-hydrogen) atoms. The van der Waals surface area contributed by atoms with Crippen LogP contribution in [0.25, 0.3) is 0 Å². The Kier molecular flexibility index (Phi) is 3.16. The first-order chi connectivity index (χ1) is 7.59. The zero-order valence-corrected chi connectivity index (χ0v) is 10.2. The molecule has 1 aliphatic rings. The lowest BCUT2D eigenvalue weighted by atomic mass is 10.0. The SMILES string of the molecule is Cc1cc(NCCOC2(C)CNC2)n(C)n1. The van der Waals surface area contributed by atoms with Crippen LogP contribution in [0.15, 0.2) is 6.07 Å². The quantitative estimate of drug-likeness (QED) is 0.716. The third kappa shape index (κ3) is 2.54. The van der Waals surface area contributed by atoms with Crippen LogP contribution in [-0.4, -0.2) is 41.6 Å². The summed E-state index contributed by atoms with van der Waals surface area (Å²) in [5.74, 6) is 1.04. The fourth-order valence-corrected chi connectivity index (χ4v) is 1.83. The van der Waals surface area contributed by atoms with Gasteiger partial charge in [0, 0.05) is 32.7 Å². The number of anilines is 1. The largest absolute Gasteiger partial charge is 0.371 e. The Balaban J connectivity index is 1.70. The smallest absolute Gasteiger partial charge is 0.124 e. The Labute approximate surface area is 96.2 Å². The van der Waals surface area contributed by atoms with E-state index in [0.717, 1.165) is 37.8 Å². The van der Waals surface area contributed by atoms with Crippen molar-refractivity contribution in [2.75, 3.05) is 31.6 Å². The Morgan fingerprint density at radius 1 is 1.62 bits per heavy atom. The molecule has 2 rings (SSSR count). The Hall–Kier alpha value is -1.07. The van der Waals surface area contributed by atoms with E-state index >= 15 is 0 Å². The molecular weight excluding hydrogens is 204 g/mol. The average molecular weight is 224 g/mol. The molecule has 1 fully saturated rings. The highest BCUT2D eigenvalue weighted by Crippen LogP contribution is 2.14. The summed E-state index contributed by atoms with van der Waals surface area (Å²) in [5, 5.41) is 10.8. The minimum Gasteiger partial charge on any atom is -0.371 e. The highest BCUT2D eigenvalue weighted by molar-refractivity contribution is 5.36. The molecule has 2 N–H and O–H groups in total. The molecular formula is C11H20N4O. The monoisotopic (exact) mass is 224 g/mol. The maximum absolute atomic E-state index is 5.78. The lowest BCUT2D eigenvalue weighted by Crippen LogP contribution is -2.59. The van der Waals surface area contributed by atoms with Crippen LogP contribution in [-0.2, 0) is 11.8 Å². The fourth-order valence-electron chi connectivity index (χ4n) is 1.83. The van der Waals surface area contributed by atoms with Crippen LogP contribution in [0.5, 0.6) is 0 Å². The Morgan fingerprint density at radius 2 is 2.38 bits per heavy atom. The van der Waals surface area contributed by atoms with Gasteiger partial charge in [0.25, 0.3) is 0 Å². The molecule has 0 bridgehead atoms. The molecule has 5 nitrogen and oxygen atoms in total. The molecule has 0 atom stereocenters. The standard InChI is InChI=1S/C11H20N4O/c1-9-6-10(15(3)14-9)13-4-5-16-11(2)7-12-8-11/h6,12-13H,4-5,7-8H2,1-3H3. The van der Waals surface area contributed by atoms with Crippen LogP contribution >= 0.6 is 0 Å². The third-order valence-corrected chi connectivity index (χ3v) is 2.86. The maximum Gasteiger partial charge on any atom is 0.124 e. The van der Waals surface area contributed by atoms with Crippen molar-refractivity contribution in [3.63, 3.8) is 0 Å². The van der Waals surface area contributed by atoms with Gasteiger partial charge in [0.15, 0.2) is 0 Å². The lowest BCUT2D eigenvalue weighted by molar-refractivity contribution is -0.0620. The molecule has 0 saturated carbocycles. The second-order valence-electron chi connectivity index (χ2n) is 4.62. The second-order valence-corrected chi connectivity index (χ2v) is 4.62. The summed E-state index contributed by atoms with van der Waals surface area (Å²) < 4.78 is 7.63. The van der Waals surface area contributed by atoms with Gasteiger partial charge in [-0.1, -0.05) is 0 Å². The molecule has 0 aliphatic carbocycles. The minimum atomic E-state index is 0.0457. The average Bonchev–Trinajstić information content (AvgIpc) is 2.50. The highest BCUT2D eigenvalue weighted by Gasteiger charge is 2.31. The number of aromatic nitrogens is 2. The summed E-state index contributed by atoms with van der Waals surface area (Å²) >= 11 is 0. The van der Waals surface area contributed by atoms with E-state index in [1.54, 1.807) is 0 Å². The van der Waals surface area contributed by atoms with Crippen molar-refractivity contribution in [2.45, 2.75) is 19.4 Å². The number of hydrogen-bond donors (Lipinski definition) is 2. The van der Waals surface area contributed by atoms with E-state index in [9.17, 15) is 0 Å². The Bertz CT molecular complexity index is 357. The van der Waals surface area contributed by atoms with Gasteiger partial charge in [-0.05, 0) is 13.8 Å². The third-order valence-electron chi connectivity index (χ3n) is 2.86. The molecule has 2 heterocycles. The van der Waals surface area contributed by atoms with Gasteiger partial charge in [-0.15, -0.1) is 0 Å². The van der Waals surface area contributed by atoms with Crippen LogP contribution in [0, 0.1) is 6.92 Å². The number of nitrogens with zero attached hydrogens (tertiary/aromatic N) is 2. The van der Waals surface area contributed by atoms with E-state index in [1.165, 1.54) is 0 Å². The molecule has 90 valence electrons. The summed E-state index contributed by atoms with van der Waals surface area (Å²) in [6.45, 7) is 7.58. The molecule has 1 saturated heterocycles. The van der Waals surface area contributed by atoms with Crippen LogP contribution in [0.3, 0.4) is 0 Å². The maximum atomic E-state index is 5.78. The molecule has 0 spiro atoms. The first-order valence-corrected chi connectivity index (χ1v) is 5.68. The fraction of sp³-hybridized carbons (Fsp3) is 0.727. The second kappa shape index (κ2) is 4.43. The zero-order chi connectivity index (χ0) is 11.6. The lowest BCUT2D eigenvalue weighted by Gasteiger charge is -2.39. The zero-order valence-electron chi connectivity index (χ0n) is 10.2. The molecule has 1 aliphatic heterocycles. The van der Waals surface area contributed by atoms with E-state index in [-0.39, 0.29) is 5.60 Å². The van der Waals surface area contributed by atoms with Gasteiger partial charge in [-0.3, -0.25) is 4.68 Å². The van der Waals surface area contributed by atoms with Crippen molar-refractivity contribution in [1.82, 2.24) is 15.1 Å². The van der Waals surface area contributed by atoms with Gasteiger partial charge in [0.05, 0.1) is 17.9 Å². The van der Waals surface area contributed by atoms with Gasteiger partial charge in [-0.2, -0.15) is 5.10 Å².